The van der Waals surface area contributed by atoms with Crippen LogP contribution in [0.15, 0.2) is 36.4 Å². The highest BCUT2D eigenvalue weighted by atomic mass is 35.5. The number of ether oxygens (including phenoxy) is 1. The molecule has 6 heteroatoms. The van der Waals surface area contributed by atoms with Crippen LogP contribution in [0.1, 0.15) is 16.6 Å². The Hall–Kier alpha value is -1.85. The van der Waals surface area contributed by atoms with E-state index in [4.69, 9.17) is 16.3 Å². The predicted octanol–water partition coefficient (Wildman–Crippen LogP) is 3.40. The van der Waals surface area contributed by atoms with Crippen LogP contribution < -0.4 is 9.64 Å². The quantitative estimate of drug-likeness (QED) is 0.814. The molecule has 1 aliphatic heterocycles. The number of halogens is 1. The van der Waals surface area contributed by atoms with E-state index in [1.165, 1.54) is 16.2 Å². The predicted molar refractivity (Wildman–Crippen MR) is 82.5 cm³/mol. The SMILES string of the molecule is CC1Oc2ccccc2N(CC(=O)c2ccc(Cl)s2)C1=O. The Labute approximate surface area is 130 Å². The van der Waals surface area contributed by atoms with Gasteiger partial charge in [-0.1, -0.05) is 23.7 Å². The van der Waals surface area contributed by atoms with Crippen LogP contribution in [0, 0.1) is 0 Å². The van der Waals surface area contributed by atoms with E-state index in [9.17, 15) is 9.59 Å². The summed E-state index contributed by atoms with van der Waals surface area (Å²) in [6.45, 7) is 1.66. The van der Waals surface area contributed by atoms with Crippen LogP contribution in [0.25, 0.3) is 0 Å². The van der Waals surface area contributed by atoms with Crippen LogP contribution in [0.4, 0.5) is 5.69 Å². The number of carbonyl (C=O) groups is 2. The molecule has 1 atom stereocenters. The van der Waals surface area contributed by atoms with Gasteiger partial charge >= 0.3 is 0 Å². The molecule has 0 spiro atoms. The first-order valence-electron chi connectivity index (χ1n) is 6.42. The van der Waals surface area contributed by atoms with Gasteiger partial charge in [0.15, 0.2) is 11.9 Å². The normalized spacial score (nSPS) is 17.3. The lowest BCUT2D eigenvalue weighted by Crippen LogP contribution is -2.46. The number of nitrogens with zero attached hydrogens (tertiary/aromatic N) is 1. The number of ketones is 1. The molecule has 108 valence electrons. The molecule has 2 heterocycles. The van der Waals surface area contributed by atoms with Crippen LogP contribution in [-0.4, -0.2) is 24.3 Å². The molecule has 1 unspecified atom stereocenters. The van der Waals surface area contributed by atoms with Crippen LogP contribution >= 0.6 is 22.9 Å². The third kappa shape index (κ3) is 2.66. The summed E-state index contributed by atoms with van der Waals surface area (Å²) in [7, 11) is 0. The zero-order chi connectivity index (χ0) is 15.0. The first kappa shape index (κ1) is 14.1. The van der Waals surface area contributed by atoms with Gasteiger partial charge in [0, 0.05) is 0 Å². The summed E-state index contributed by atoms with van der Waals surface area (Å²) < 4.78 is 6.10. The van der Waals surface area contributed by atoms with Crippen molar-refractivity contribution in [3.05, 3.63) is 45.6 Å². The number of hydrogen-bond acceptors (Lipinski definition) is 4. The largest absolute Gasteiger partial charge is 0.479 e. The fourth-order valence-corrected chi connectivity index (χ4v) is 3.18. The molecule has 0 fully saturated rings. The summed E-state index contributed by atoms with van der Waals surface area (Å²) in [5.74, 6) is 0.260. The zero-order valence-electron chi connectivity index (χ0n) is 11.2. The zero-order valence-corrected chi connectivity index (χ0v) is 12.8. The molecule has 0 saturated carbocycles. The molecule has 0 bridgehead atoms. The minimum Gasteiger partial charge on any atom is -0.479 e. The van der Waals surface area contributed by atoms with Crippen molar-refractivity contribution in [3.63, 3.8) is 0 Å². The summed E-state index contributed by atoms with van der Waals surface area (Å²) >= 11 is 7.06. The number of benzene rings is 1. The first-order chi connectivity index (χ1) is 10.1. The van der Waals surface area contributed by atoms with E-state index in [-0.39, 0.29) is 18.2 Å². The van der Waals surface area contributed by atoms with Crippen LogP contribution in [0.2, 0.25) is 4.34 Å². The molecule has 2 aromatic rings. The van der Waals surface area contributed by atoms with Gasteiger partial charge in [-0.05, 0) is 31.2 Å². The second-order valence-corrected chi connectivity index (χ2v) is 6.39. The van der Waals surface area contributed by atoms with Gasteiger partial charge in [-0.3, -0.25) is 14.5 Å². The van der Waals surface area contributed by atoms with Gasteiger partial charge in [0.05, 0.1) is 21.4 Å². The molecule has 0 saturated heterocycles. The summed E-state index contributed by atoms with van der Waals surface area (Å²) in [5, 5.41) is 0. The summed E-state index contributed by atoms with van der Waals surface area (Å²) in [5.41, 5.74) is 0.622. The Morgan fingerprint density at radius 3 is 2.81 bits per heavy atom. The van der Waals surface area contributed by atoms with E-state index in [1.807, 2.05) is 12.1 Å². The molecule has 1 amide bonds. The second-order valence-electron chi connectivity index (χ2n) is 4.68. The maximum atomic E-state index is 12.3. The molecule has 1 aromatic carbocycles. The molecule has 3 rings (SSSR count). The molecule has 1 aliphatic rings. The van der Waals surface area contributed by atoms with Crippen molar-refractivity contribution in [2.75, 3.05) is 11.4 Å². The highest BCUT2D eigenvalue weighted by molar-refractivity contribution is 7.18. The number of para-hydroxylation sites is 2. The molecule has 4 nitrogen and oxygen atoms in total. The minimum absolute atomic E-state index is 0.0135. The molecule has 1 aromatic heterocycles. The third-order valence-electron chi connectivity index (χ3n) is 3.22. The number of carbonyl (C=O) groups excluding carboxylic acids is 2. The van der Waals surface area contributed by atoms with Gasteiger partial charge in [-0.2, -0.15) is 0 Å². The van der Waals surface area contributed by atoms with Crippen molar-refractivity contribution in [2.45, 2.75) is 13.0 Å². The first-order valence-corrected chi connectivity index (χ1v) is 7.61. The number of hydrogen-bond donors (Lipinski definition) is 0. The summed E-state index contributed by atoms with van der Waals surface area (Å²) in [4.78, 5) is 26.6. The Kier molecular flexibility index (Phi) is 3.69. The maximum Gasteiger partial charge on any atom is 0.268 e. The van der Waals surface area contributed by atoms with Crippen molar-refractivity contribution in [3.8, 4) is 5.75 Å². The Balaban J connectivity index is 1.90. The summed E-state index contributed by atoms with van der Waals surface area (Å²) in [6.07, 6.45) is -0.598. The van der Waals surface area contributed by atoms with Crippen LogP contribution in [-0.2, 0) is 4.79 Å². The highest BCUT2D eigenvalue weighted by Gasteiger charge is 2.32. The lowest BCUT2D eigenvalue weighted by molar-refractivity contribution is -0.125. The van der Waals surface area contributed by atoms with Crippen molar-refractivity contribution < 1.29 is 14.3 Å². The standard InChI is InChI=1S/C15H12ClNO3S/c1-9-15(19)17(10-4-2-3-5-12(10)20-9)8-11(18)13-6-7-14(16)21-13/h2-7,9H,8H2,1H3. The smallest absolute Gasteiger partial charge is 0.268 e. The summed E-state index contributed by atoms with van der Waals surface area (Å²) in [6, 6.07) is 10.6. The monoisotopic (exact) mass is 321 g/mol. The lowest BCUT2D eigenvalue weighted by Gasteiger charge is -2.32. The molecule has 21 heavy (non-hydrogen) atoms. The van der Waals surface area contributed by atoms with E-state index < -0.39 is 6.10 Å². The number of fused-ring (bicyclic) bond motifs is 1. The lowest BCUT2D eigenvalue weighted by atomic mass is 10.1. The second kappa shape index (κ2) is 5.50. The van der Waals surface area contributed by atoms with Gasteiger partial charge < -0.3 is 4.74 Å². The van der Waals surface area contributed by atoms with Crippen LogP contribution in [0.5, 0.6) is 5.75 Å². The van der Waals surface area contributed by atoms with E-state index in [0.717, 1.165) is 0 Å². The number of Topliss-reactive ketones (excluding diaryl/α,β-unsaturated/α-hetero) is 1. The third-order valence-corrected chi connectivity index (χ3v) is 4.50. The van der Waals surface area contributed by atoms with Gasteiger partial charge in [-0.25, -0.2) is 0 Å². The number of rotatable bonds is 3. The molecule has 0 aliphatic carbocycles. The maximum absolute atomic E-state index is 12.3. The van der Waals surface area contributed by atoms with Crippen molar-refractivity contribution in [1.82, 2.24) is 0 Å². The molecular formula is C15H12ClNO3S. The van der Waals surface area contributed by atoms with Crippen LogP contribution in [0.3, 0.4) is 0 Å². The average Bonchev–Trinajstić information content (AvgIpc) is 2.90. The Bertz CT molecular complexity index is 712. The fourth-order valence-electron chi connectivity index (χ4n) is 2.21. The van der Waals surface area contributed by atoms with E-state index in [0.29, 0.717) is 20.7 Å². The molecule has 0 N–H and O–H groups in total. The van der Waals surface area contributed by atoms with Gasteiger partial charge in [0.1, 0.15) is 5.75 Å². The van der Waals surface area contributed by atoms with Crippen molar-refractivity contribution >= 4 is 40.3 Å². The van der Waals surface area contributed by atoms with E-state index in [1.54, 1.807) is 31.2 Å². The highest BCUT2D eigenvalue weighted by Crippen LogP contribution is 2.34. The molecular weight excluding hydrogens is 310 g/mol. The van der Waals surface area contributed by atoms with Crippen molar-refractivity contribution in [1.29, 1.82) is 0 Å². The molecule has 0 radical (unpaired) electrons. The number of anilines is 1. The topological polar surface area (TPSA) is 46.6 Å². The van der Waals surface area contributed by atoms with Gasteiger partial charge in [0.2, 0.25) is 0 Å². The number of thiophene rings is 1. The van der Waals surface area contributed by atoms with E-state index >= 15 is 0 Å². The average molecular weight is 322 g/mol. The minimum atomic E-state index is -0.598. The number of amides is 1. The Morgan fingerprint density at radius 1 is 1.33 bits per heavy atom. The van der Waals surface area contributed by atoms with Gasteiger partial charge in [0.25, 0.3) is 5.91 Å². The van der Waals surface area contributed by atoms with Gasteiger partial charge in [-0.15, -0.1) is 11.3 Å². The fraction of sp³-hybridized carbons (Fsp3) is 0.200. The Morgan fingerprint density at radius 2 is 2.10 bits per heavy atom. The van der Waals surface area contributed by atoms with Crippen molar-refractivity contribution in [2.24, 2.45) is 0 Å². The van der Waals surface area contributed by atoms with E-state index in [2.05, 4.69) is 0 Å².